The Morgan fingerprint density at radius 3 is 2.88 bits per heavy atom. The van der Waals surface area contributed by atoms with Crippen molar-refractivity contribution in [1.82, 2.24) is 24.9 Å². The Morgan fingerprint density at radius 1 is 1.12 bits per heavy atom. The van der Waals surface area contributed by atoms with Crippen molar-refractivity contribution in [2.45, 2.75) is 26.0 Å². The standard InChI is InChI=1S/C25H24FN5O2/c1-17-11-19(12-18-5-4-6-20(26)13-18)14-22(27-17)24-15-30(9-10-33-24)25(32)16-31-23-8-3-2-7-21(23)28-29-31/h2-8,11,13-14,24H,9-10,12,15-16H2,1H3/t24-/m1/s1. The Bertz CT molecular complexity index is 1300. The zero-order valence-corrected chi connectivity index (χ0v) is 18.3. The number of halogens is 1. The summed E-state index contributed by atoms with van der Waals surface area (Å²) in [5, 5.41) is 8.25. The van der Waals surface area contributed by atoms with E-state index >= 15 is 0 Å². The Balaban J connectivity index is 1.31. The number of rotatable bonds is 5. The molecular weight excluding hydrogens is 421 g/mol. The van der Waals surface area contributed by atoms with Crippen LogP contribution in [-0.2, 0) is 22.5 Å². The molecule has 8 heteroatoms. The lowest BCUT2D eigenvalue weighted by Crippen LogP contribution is -2.44. The smallest absolute Gasteiger partial charge is 0.244 e. The maximum absolute atomic E-state index is 13.6. The monoisotopic (exact) mass is 445 g/mol. The maximum Gasteiger partial charge on any atom is 0.244 e. The number of amides is 1. The van der Waals surface area contributed by atoms with Crippen molar-refractivity contribution in [3.63, 3.8) is 0 Å². The minimum absolute atomic E-state index is 0.0356. The summed E-state index contributed by atoms with van der Waals surface area (Å²) in [5.41, 5.74) is 5.17. The van der Waals surface area contributed by atoms with Crippen molar-refractivity contribution in [3.8, 4) is 0 Å². The van der Waals surface area contributed by atoms with E-state index in [1.807, 2.05) is 49.4 Å². The number of carbonyl (C=O) groups excluding carboxylic acids is 1. The molecule has 5 rings (SSSR count). The largest absolute Gasteiger partial charge is 0.368 e. The van der Waals surface area contributed by atoms with E-state index < -0.39 is 0 Å². The number of hydrogen-bond acceptors (Lipinski definition) is 5. The molecule has 2 aromatic heterocycles. The van der Waals surface area contributed by atoms with Crippen LogP contribution in [0.1, 0.15) is 28.6 Å². The van der Waals surface area contributed by atoms with E-state index in [-0.39, 0.29) is 24.4 Å². The quantitative estimate of drug-likeness (QED) is 0.470. The average molecular weight is 445 g/mol. The van der Waals surface area contributed by atoms with E-state index in [4.69, 9.17) is 4.74 Å². The first kappa shape index (κ1) is 21.2. The van der Waals surface area contributed by atoms with Crippen LogP contribution in [0.4, 0.5) is 4.39 Å². The van der Waals surface area contributed by atoms with E-state index in [1.165, 1.54) is 6.07 Å². The topological polar surface area (TPSA) is 73.1 Å². The molecule has 0 N–H and O–H groups in total. The van der Waals surface area contributed by atoms with Gasteiger partial charge in [0.1, 0.15) is 24.0 Å². The number of ether oxygens (including phenoxy) is 1. The normalized spacial score (nSPS) is 16.3. The van der Waals surface area contributed by atoms with Gasteiger partial charge in [-0.05, 0) is 60.9 Å². The lowest BCUT2D eigenvalue weighted by molar-refractivity contribution is -0.140. The van der Waals surface area contributed by atoms with E-state index in [0.717, 1.165) is 33.5 Å². The Hall–Kier alpha value is -3.65. The van der Waals surface area contributed by atoms with Gasteiger partial charge in [0.15, 0.2) is 0 Å². The van der Waals surface area contributed by atoms with E-state index in [1.54, 1.807) is 21.7 Å². The predicted octanol–water partition coefficient (Wildman–Crippen LogP) is 3.46. The van der Waals surface area contributed by atoms with Crippen LogP contribution in [0, 0.1) is 12.7 Å². The number of nitrogens with zero attached hydrogens (tertiary/aromatic N) is 5. The van der Waals surface area contributed by atoms with Gasteiger partial charge in [-0.15, -0.1) is 5.10 Å². The fourth-order valence-electron chi connectivity index (χ4n) is 4.23. The molecule has 7 nitrogen and oxygen atoms in total. The van der Waals surface area contributed by atoms with Crippen molar-refractivity contribution in [1.29, 1.82) is 0 Å². The minimum Gasteiger partial charge on any atom is -0.368 e. The molecule has 0 bridgehead atoms. The van der Waals surface area contributed by atoms with Gasteiger partial charge in [-0.25, -0.2) is 9.07 Å². The maximum atomic E-state index is 13.6. The fraction of sp³-hybridized carbons (Fsp3) is 0.280. The van der Waals surface area contributed by atoms with Crippen molar-refractivity contribution < 1.29 is 13.9 Å². The van der Waals surface area contributed by atoms with Gasteiger partial charge in [-0.2, -0.15) is 0 Å². The van der Waals surface area contributed by atoms with Gasteiger partial charge >= 0.3 is 0 Å². The van der Waals surface area contributed by atoms with Gasteiger partial charge in [0.25, 0.3) is 0 Å². The van der Waals surface area contributed by atoms with Crippen molar-refractivity contribution in [2.75, 3.05) is 19.7 Å². The average Bonchev–Trinajstić information content (AvgIpc) is 3.21. The molecule has 1 fully saturated rings. The van der Waals surface area contributed by atoms with Gasteiger partial charge in [0.05, 0.1) is 24.4 Å². The lowest BCUT2D eigenvalue weighted by atomic mass is 10.0. The number of para-hydroxylation sites is 1. The first-order chi connectivity index (χ1) is 16.0. The summed E-state index contributed by atoms with van der Waals surface area (Å²) in [4.78, 5) is 19.5. The number of hydrogen-bond donors (Lipinski definition) is 0. The van der Waals surface area contributed by atoms with Crippen molar-refractivity contribution >= 4 is 16.9 Å². The first-order valence-corrected chi connectivity index (χ1v) is 10.9. The summed E-state index contributed by atoms with van der Waals surface area (Å²) in [6.45, 7) is 3.42. The van der Waals surface area contributed by atoms with Crippen LogP contribution in [0.5, 0.6) is 0 Å². The fourth-order valence-corrected chi connectivity index (χ4v) is 4.23. The second-order valence-electron chi connectivity index (χ2n) is 8.28. The highest BCUT2D eigenvalue weighted by Crippen LogP contribution is 2.24. The Labute approximate surface area is 190 Å². The summed E-state index contributed by atoms with van der Waals surface area (Å²) in [5.74, 6) is -0.282. The summed E-state index contributed by atoms with van der Waals surface area (Å²) in [7, 11) is 0. The molecular formula is C25H24FN5O2. The SMILES string of the molecule is Cc1cc(Cc2cccc(F)c2)cc([C@H]2CN(C(=O)Cn3nnc4ccccc43)CCO2)n1. The molecule has 1 saturated heterocycles. The number of fused-ring (bicyclic) bond motifs is 1. The third-order valence-electron chi connectivity index (χ3n) is 5.78. The third-order valence-corrected chi connectivity index (χ3v) is 5.78. The first-order valence-electron chi connectivity index (χ1n) is 10.9. The number of aryl methyl sites for hydroxylation is 1. The van der Waals surface area contributed by atoms with Crippen LogP contribution in [-0.4, -0.2) is 50.5 Å². The van der Waals surface area contributed by atoms with Gasteiger partial charge in [-0.3, -0.25) is 9.78 Å². The van der Waals surface area contributed by atoms with Gasteiger partial charge in [0, 0.05) is 12.2 Å². The van der Waals surface area contributed by atoms with Crippen LogP contribution >= 0.6 is 0 Å². The molecule has 0 unspecified atom stereocenters. The molecule has 0 spiro atoms. The van der Waals surface area contributed by atoms with Gasteiger partial charge in [-0.1, -0.05) is 29.5 Å². The zero-order valence-electron chi connectivity index (χ0n) is 18.3. The number of benzene rings is 2. The molecule has 1 atom stereocenters. The highest BCUT2D eigenvalue weighted by atomic mass is 19.1. The molecule has 3 heterocycles. The second-order valence-corrected chi connectivity index (χ2v) is 8.28. The number of pyridine rings is 1. The molecule has 0 aliphatic carbocycles. The van der Waals surface area contributed by atoms with Crippen molar-refractivity contribution in [3.05, 3.63) is 89.0 Å². The van der Waals surface area contributed by atoms with Gasteiger partial charge < -0.3 is 9.64 Å². The molecule has 33 heavy (non-hydrogen) atoms. The molecule has 1 amide bonds. The Morgan fingerprint density at radius 2 is 2.00 bits per heavy atom. The third kappa shape index (κ3) is 4.75. The zero-order chi connectivity index (χ0) is 22.8. The molecule has 0 saturated carbocycles. The van der Waals surface area contributed by atoms with Crippen LogP contribution < -0.4 is 0 Å². The molecule has 1 aliphatic rings. The van der Waals surface area contributed by atoms with Gasteiger partial charge in [0.2, 0.25) is 5.91 Å². The molecule has 0 radical (unpaired) electrons. The van der Waals surface area contributed by atoms with E-state index in [0.29, 0.717) is 26.1 Å². The summed E-state index contributed by atoms with van der Waals surface area (Å²) >= 11 is 0. The van der Waals surface area contributed by atoms with Crippen molar-refractivity contribution in [2.24, 2.45) is 0 Å². The Kier molecular flexibility index (Phi) is 5.83. The van der Waals surface area contributed by atoms with E-state index in [2.05, 4.69) is 15.3 Å². The van der Waals surface area contributed by atoms with Crippen LogP contribution in [0.15, 0.2) is 60.7 Å². The highest BCUT2D eigenvalue weighted by Gasteiger charge is 2.27. The predicted molar refractivity (Wildman–Crippen MR) is 121 cm³/mol. The van der Waals surface area contributed by atoms with E-state index in [9.17, 15) is 9.18 Å². The van der Waals surface area contributed by atoms with Crippen LogP contribution in [0.25, 0.3) is 11.0 Å². The molecule has 2 aromatic carbocycles. The highest BCUT2D eigenvalue weighted by molar-refractivity contribution is 5.80. The molecule has 1 aliphatic heterocycles. The number of morpholine rings is 1. The summed E-state index contributed by atoms with van der Waals surface area (Å²) < 4.78 is 21.2. The number of aromatic nitrogens is 4. The number of carbonyl (C=O) groups is 1. The second kappa shape index (κ2) is 9.07. The van der Waals surface area contributed by atoms with Crippen LogP contribution in [0.3, 0.4) is 0 Å². The summed E-state index contributed by atoms with van der Waals surface area (Å²) in [6, 6.07) is 18.2. The molecule has 4 aromatic rings. The summed E-state index contributed by atoms with van der Waals surface area (Å²) in [6.07, 6.45) is 0.282. The van der Waals surface area contributed by atoms with Crippen LogP contribution in [0.2, 0.25) is 0 Å². The molecule has 168 valence electrons. The minimum atomic E-state index is -0.318. The lowest BCUT2D eigenvalue weighted by Gasteiger charge is -2.33.